The first-order valence-electron chi connectivity index (χ1n) is 11.4. The maximum Gasteiger partial charge on any atom is 0.242 e. The van der Waals surface area contributed by atoms with Crippen LogP contribution in [0.25, 0.3) is 11.6 Å². The van der Waals surface area contributed by atoms with Gasteiger partial charge in [0.05, 0.1) is 19.9 Å². The third-order valence-electron chi connectivity index (χ3n) is 5.56. The standard InChI is InChI=1S/C28H24N4O3S/c1-34-23-16-14-22(15-17-23)29-27(33)25(21-11-6-3-7-12-21)36-28-31-30-26(24-13-8-18-35-24)32(28)19-20-9-4-2-5-10-20/h2-18,25H,19H2,1H3,(H,29,33). The highest BCUT2D eigenvalue weighted by Crippen LogP contribution is 2.37. The van der Waals surface area contributed by atoms with Crippen LogP contribution in [0, 0.1) is 0 Å². The van der Waals surface area contributed by atoms with Crippen LogP contribution in [0.1, 0.15) is 16.4 Å². The predicted molar refractivity (Wildman–Crippen MR) is 140 cm³/mol. The van der Waals surface area contributed by atoms with Gasteiger partial charge >= 0.3 is 0 Å². The Balaban J connectivity index is 1.48. The van der Waals surface area contributed by atoms with Gasteiger partial charge in [0.25, 0.3) is 0 Å². The third kappa shape index (κ3) is 5.34. The SMILES string of the molecule is COc1ccc(NC(=O)C(Sc2nnc(-c3ccco3)n2Cc2ccccc2)c2ccccc2)cc1. The summed E-state index contributed by atoms with van der Waals surface area (Å²) in [7, 11) is 1.61. The van der Waals surface area contributed by atoms with E-state index in [0.29, 0.717) is 29.0 Å². The Hall–Kier alpha value is -4.30. The first kappa shape index (κ1) is 23.4. The minimum atomic E-state index is -0.559. The summed E-state index contributed by atoms with van der Waals surface area (Å²) in [6.45, 7) is 0.536. The van der Waals surface area contributed by atoms with E-state index in [4.69, 9.17) is 9.15 Å². The number of hydrogen-bond donors (Lipinski definition) is 1. The van der Waals surface area contributed by atoms with Gasteiger partial charge in [-0.15, -0.1) is 10.2 Å². The molecular weight excluding hydrogens is 472 g/mol. The van der Waals surface area contributed by atoms with Gasteiger partial charge in [-0.1, -0.05) is 72.4 Å². The second-order valence-electron chi connectivity index (χ2n) is 7.98. The molecule has 0 saturated heterocycles. The first-order chi connectivity index (χ1) is 17.7. The van der Waals surface area contributed by atoms with Crippen molar-refractivity contribution in [1.82, 2.24) is 14.8 Å². The van der Waals surface area contributed by atoms with Crippen LogP contribution in [0.5, 0.6) is 5.75 Å². The van der Waals surface area contributed by atoms with Gasteiger partial charge in [0.2, 0.25) is 11.7 Å². The van der Waals surface area contributed by atoms with E-state index in [9.17, 15) is 4.79 Å². The number of furan rings is 1. The number of rotatable bonds is 9. The van der Waals surface area contributed by atoms with Gasteiger partial charge < -0.3 is 14.5 Å². The van der Waals surface area contributed by atoms with Crippen molar-refractivity contribution in [2.24, 2.45) is 0 Å². The van der Waals surface area contributed by atoms with Crippen molar-refractivity contribution in [3.63, 3.8) is 0 Å². The lowest BCUT2D eigenvalue weighted by atomic mass is 10.1. The second-order valence-corrected chi connectivity index (χ2v) is 9.05. The summed E-state index contributed by atoms with van der Waals surface area (Å²) in [5.74, 6) is 1.78. The average molecular weight is 497 g/mol. The van der Waals surface area contributed by atoms with Gasteiger partial charge in [0.1, 0.15) is 11.0 Å². The Morgan fingerprint density at radius 3 is 2.33 bits per heavy atom. The van der Waals surface area contributed by atoms with Crippen molar-refractivity contribution in [2.45, 2.75) is 17.0 Å². The molecule has 5 rings (SSSR count). The molecule has 0 aliphatic carbocycles. The van der Waals surface area contributed by atoms with E-state index in [0.717, 1.165) is 16.9 Å². The van der Waals surface area contributed by atoms with Gasteiger partial charge in [0.15, 0.2) is 10.9 Å². The smallest absolute Gasteiger partial charge is 0.242 e. The molecule has 2 heterocycles. The van der Waals surface area contributed by atoms with Gasteiger partial charge in [-0.2, -0.15) is 0 Å². The molecule has 36 heavy (non-hydrogen) atoms. The van der Waals surface area contributed by atoms with Gasteiger partial charge in [-0.05, 0) is 47.5 Å². The number of methoxy groups -OCH3 is 1. The quantitative estimate of drug-likeness (QED) is 0.250. The number of benzene rings is 3. The molecule has 3 aromatic carbocycles. The number of anilines is 1. The first-order valence-corrected chi connectivity index (χ1v) is 12.3. The maximum absolute atomic E-state index is 13.5. The van der Waals surface area contributed by atoms with Gasteiger partial charge in [-0.3, -0.25) is 9.36 Å². The molecule has 1 unspecified atom stereocenters. The van der Waals surface area contributed by atoms with Crippen molar-refractivity contribution in [3.05, 3.63) is 114 Å². The number of hydrogen-bond acceptors (Lipinski definition) is 6. The lowest BCUT2D eigenvalue weighted by Crippen LogP contribution is -2.19. The number of amides is 1. The van der Waals surface area contributed by atoms with Crippen molar-refractivity contribution >= 4 is 23.4 Å². The van der Waals surface area contributed by atoms with Crippen LogP contribution in [-0.2, 0) is 11.3 Å². The minimum Gasteiger partial charge on any atom is -0.497 e. The Labute approximate surface area is 213 Å². The number of aromatic nitrogens is 3. The zero-order chi connectivity index (χ0) is 24.7. The van der Waals surface area contributed by atoms with E-state index < -0.39 is 5.25 Å². The molecule has 5 aromatic rings. The molecule has 1 atom stereocenters. The summed E-state index contributed by atoms with van der Waals surface area (Å²) < 4.78 is 12.8. The highest BCUT2D eigenvalue weighted by atomic mass is 32.2. The molecular formula is C28H24N4O3S. The molecule has 1 amide bonds. The molecule has 0 spiro atoms. The van der Waals surface area contributed by atoms with E-state index in [1.54, 1.807) is 13.4 Å². The van der Waals surface area contributed by atoms with Crippen LogP contribution < -0.4 is 10.1 Å². The fourth-order valence-electron chi connectivity index (χ4n) is 3.76. The molecule has 0 saturated carbocycles. The van der Waals surface area contributed by atoms with Gasteiger partial charge in [-0.25, -0.2) is 0 Å². The summed E-state index contributed by atoms with van der Waals surface area (Å²) in [5, 5.41) is 12.0. The monoisotopic (exact) mass is 496 g/mol. The third-order valence-corrected chi connectivity index (χ3v) is 6.80. The molecule has 1 N–H and O–H groups in total. The van der Waals surface area contributed by atoms with Crippen LogP contribution in [-0.4, -0.2) is 27.8 Å². The fourth-order valence-corrected chi connectivity index (χ4v) is 4.80. The fraction of sp³-hybridized carbons (Fsp3) is 0.107. The highest BCUT2D eigenvalue weighted by molar-refractivity contribution is 8.00. The summed E-state index contributed by atoms with van der Waals surface area (Å²) >= 11 is 1.35. The van der Waals surface area contributed by atoms with Crippen LogP contribution in [0.3, 0.4) is 0 Å². The van der Waals surface area contributed by atoms with Gasteiger partial charge in [0, 0.05) is 5.69 Å². The maximum atomic E-state index is 13.5. The number of ether oxygens (including phenoxy) is 1. The molecule has 0 radical (unpaired) electrons. The molecule has 180 valence electrons. The largest absolute Gasteiger partial charge is 0.497 e. The van der Waals surface area contributed by atoms with Crippen LogP contribution in [0.15, 0.2) is 113 Å². The highest BCUT2D eigenvalue weighted by Gasteiger charge is 2.27. The molecule has 2 aromatic heterocycles. The Kier molecular flexibility index (Phi) is 7.14. The summed E-state index contributed by atoms with van der Waals surface area (Å²) in [6.07, 6.45) is 1.61. The molecule has 0 aliphatic rings. The van der Waals surface area contributed by atoms with E-state index in [-0.39, 0.29) is 5.91 Å². The van der Waals surface area contributed by atoms with E-state index in [2.05, 4.69) is 15.5 Å². The average Bonchev–Trinajstić information content (AvgIpc) is 3.59. The normalized spacial score (nSPS) is 11.7. The number of nitrogens with one attached hydrogen (secondary N) is 1. The number of nitrogens with zero attached hydrogens (tertiary/aromatic N) is 3. The Bertz CT molecular complexity index is 1400. The van der Waals surface area contributed by atoms with E-state index in [1.807, 2.05) is 102 Å². The van der Waals surface area contributed by atoms with Crippen molar-refractivity contribution in [3.8, 4) is 17.3 Å². The number of thioether (sulfide) groups is 1. The Morgan fingerprint density at radius 2 is 1.67 bits per heavy atom. The predicted octanol–water partition coefficient (Wildman–Crippen LogP) is 6.07. The van der Waals surface area contributed by atoms with Crippen LogP contribution >= 0.6 is 11.8 Å². The minimum absolute atomic E-state index is 0.162. The van der Waals surface area contributed by atoms with Crippen LogP contribution in [0.4, 0.5) is 5.69 Å². The topological polar surface area (TPSA) is 82.2 Å². The molecule has 7 nitrogen and oxygen atoms in total. The zero-order valence-corrected chi connectivity index (χ0v) is 20.4. The lowest BCUT2D eigenvalue weighted by molar-refractivity contribution is -0.115. The Morgan fingerprint density at radius 1 is 0.944 bits per heavy atom. The van der Waals surface area contributed by atoms with Crippen molar-refractivity contribution < 1.29 is 13.9 Å². The van der Waals surface area contributed by atoms with Crippen LogP contribution in [0.2, 0.25) is 0 Å². The van der Waals surface area contributed by atoms with E-state index in [1.165, 1.54) is 11.8 Å². The molecule has 0 aliphatic heterocycles. The second kappa shape index (κ2) is 11.0. The molecule has 0 bridgehead atoms. The summed E-state index contributed by atoms with van der Waals surface area (Å²) in [5.41, 5.74) is 2.64. The van der Waals surface area contributed by atoms with Crippen molar-refractivity contribution in [2.75, 3.05) is 12.4 Å². The lowest BCUT2D eigenvalue weighted by Gasteiger charge is -2.18. The number of carbonyl (C=O) groups is 1. The zero-order valence-electron chi connectivity index (χ0n) is 19.6. The molecule has 0 fully saturated rings. The van der Waals surface area contributed by atoms with Crippen molar-refractivity contribution in [1.29, 1.82) is 0 Å². The summed E-state index contributed by atoms with van der Waals surface area (Å²) in [6, 6.07) is 30.6. The number of carbonyl (C=O) groups excluding carboxylic acids is 1. The van der Waals surface area contributed by atoms with E-state index >= 15 is 0 Å². The molecule has 8 heteroatoms. The summed E-state index contributed by atoms with van der Waals surface area (Å²) in [4.78, 5) is 13.5.